The average Bonchev–Trinajstić information content (AvgIpc) is 2.40. The van der Waals surface area contributed by atoms with E-state index < -0.39 is 5.97 Å². The Morgan fingerprint density at radius 2 is 1.75 bits per heavy atom. The van der Waals surface area contributed by atoms with Crippen molar-refractivity contribution in [3.63, 3.8) is 0 Å². The molecule has 0 amide bonds. The molecule has 0 aromatic heterocycles. The van der Waals surface area contributed by atoms with Gasteiger partial charge in [0.15, 0.2) is 0 Å². The second kappa shape index (κ2) is 6.16. The zero-order chi connectivity index (χ0) is 14.7. The zero-order valence-electron chi connectivity index (χ0n) is 10.7. The summed E-state index contributed by atoms with van der Waals surface area (Å²) in [5.74, 6) is 0.0380. The predicted molar refractivity (Wildman–Crippen MR) is 79.3 cm³/mol. The summed E-state index contributed by atoms with van der Waals surface area (Å²) in [5, 5.41) is 9.74. The normalized spacial score (nSPS) is 10.3. The molecular weight excluding hydrogens is 299 g/mol. The van der Waals surface area contributed by atoms with Crippen LogP contribution >= 0.6 is 23.2 Å². The maximum atomic E-state index is 10.9. The van der Waals surface area contributed by atoms with Crippen LogP contribution in [0.5, 0.6) is 11.5 Å². The van der Waals surface area contributed by atoms with E-state index in [9.17, 15) is 4.79 Å². The average molecular weight is 311 g/mol. The first kappa shape index (κ1) is 14.7. The minimum absolute atomic E-state index is 0.0457. The lowest BCUT2D eigenvalue weighted by atomic mass is 10.1. The summed E-state index contributed by atoms with van der Waals surface area (Å²) in [4.78, 5) is 10.9. The van der Waals surface area contributed by atoms with Gasteiger partial charge in [0.25, 0.3) is 0 Å². The van der Waals surface area contributed by atoms with Crippen LogP contribution in [-0.4, -0.2) is 11.1 Å². The summed E-state index contributed by atoms with van der Waals surface area (Å²) in [7, 11) is 0. The largest absolute Gasteiger partial charge is 0.478 e. The molecule has 3 nitrogen and oxygen atoms in total. The van der Waals surface area contributed by atoms with Crippen molar-refractivity contribution in [2.75, 3.05) is 0 Å². The summed E-state index contributed by atoms with van der Waals surface area (Å²) >= 11 is 11.9. The van der Waals surface area contributed by atoms with E-state index in [0.717, 1.165) is 12.0 Å². The molecule has 2 aromatic carbocycles. The van der Waals surface area contributed by atoms with Crippen LogP contribution in [0, 0.1) is 0 Å². The van der Waals surface area contributed by atoms with E-state index in [2.05, 4.69) is 0 Å². The van der Waals surface area contributed by atoms with Gasteiger partial charge < -0.3 is 9.84 Å². The van der Waals surface area contributed by atoms with Gasteiger partial charge in [0.1, 0.15) is 11.5 Å². The topological polar surface area (TPSA) is 46.5 Å². The van der Waals surface area contributed by atoms with Gasteiger partial charge in [-0.05, 0) is 42.3 Å². The Morgan fingerprint density at radius 1 is 1.10 bits per heavy atom. The Morgan fingerprint density at radius 3 is 2.35 bits per heavy atom. The van der Waals surface area contributed by atoms with Gasteiger partial charge in [-0.1, -0.05) is 30.1 Å². The van der Waals surface area contributed by atoms with Crippen molar-refractivity contribution in [1.82, 2.24) is 0 Å². The van der Waals surface area contributed by atoms with Gasteiger partial charge in [-0.3, -0.25) is 0 Å². The Balaban J connectivity index is 2.26. The maximum absolute atomic E-state index is 10.9. The molecule has 0 heterocycles. The lowest BCUT2D eigenvalue weighted by Gasteiger charge is -2.09. The van der Waals surface area contributed by atoms with E-state index in [1.54, 1.807) is 18.2 Å². The third kappa shape index (κ3) is 3.24. The van der Waals surface area contributed by atoms with Crippen LogP contribution in [0.15, 0.2) is 36.4 Å². The second-order valence-corrected chi connectivity index (χ2v) is 4.97. The Kier molecular flexibility index (Phi) is 4.53. The van der Waals surface area contributed by atoms with Crippen molar-refractivity contribution in [2.45, 2.75) is 13.3 Å². The molecule has 0 radical (unpaired) electrons. The lowest BCUT2D eigenvalue weighted by Crippen LogP contribution is -1.97. The van der Waals surface area contributed by atoms with Crippen LogP contribution in [0.25, 0.3) is 0 Å². The lowest BCUT2D eigenvalue weighted by molar-refractivity contribution is 0.0697. The highest BCUT2D eigenvalue weighted by Crippen LogP contribution is 2.29. The van der Waals surface area contributed by atoms with Crippen LogP contribution in [0.1, 0.15) is 22.8 Å². The number of carbonyl (C=O) groups is 1. The number of halogens is 2. The van der Waals surface area contributed by atoms with Crippen LogP contribution in [-0.2, 0) is 6.42 Å². The molecule has 2 rings (SSSR count). The standard InChI is InChI=1S/C15H12Cl2O3/c1-2-9-7-10(4-6-13(9)16)20-11-3-5-12(15(18)19)14(17)8-11/h3-8H,2H2,1H3,(H,18,19). The van der Waals surface area contributed by atoms with Crippen molar-refractivity contribution >= 4 is 29.2 Å². The van der Waals surface area contributed by atoms with Crippen LogP contribution in [0.4, 0.5) is 0 Å². The van der Waals surface area contributed by atoms with E-state index in [0.29, 0.717) is 16.5 Å². The molecule has 0 fully saturated rings. The molecule has 0 aliphatic heterocycles. The number of aromatic carboxylic acids is 1. The maximum Gasteiger partial charge on any atom is 0.337 e. The third-order valence-electron chi connectivity index (χ3n) is 2.80. The Bertz CT molecular complexity index is 654. The highest BCUT2D eigenvalue weighted by Gasteiger charge is 2.10. The molecule has 0 saturated carbocycles. The summed E-state index contributed by atoms with van der Waals surface area (Å²) in [6.07, 6.45) is 0.800. The second-order valence-electron chi connectivity index (χ2n) is 4.16. The highest BCUT2D eigenvalue weighted by molar-refractivity contribution is 6.33. The monoisotopic (exact) mass is 310 g/mol. The number of aryl methyl sites for hydroxylation is 1. The quantitative estimate of drug-likeness (QED) is 0.859. The van der Waals surface area contributed by atoms with Crippen LogP contribution < -0.4 is 4.74 Å². The minimum atomic E-state index is -1.07. The summed E-state index contributed by atoms with van der Waals surface area (Å²) in [6, 6.07) is 9.82. The van der Waals surface area contributed by atoms with E-state index in [-0.39, 0.29) is 10.6 Å². The molecular formula is C15H12Cl2O3. The van der Waals surface area contributed by atoms with E-state index in [1.165, 1.54) is 12.1 Å². The van der Waals surface area contributed by atoms with Gasteiger partial charge in [-0.15, -0.1) is 0 Å². The summed E-state index contributed by atoms with van der Waals surface area (Å²) < 4.78 is 5.66. The number of carboxylic acids is 1. The first-order valence-corrected chi connectivity index (χ1v) is 6.76. The van der Waals surface area contributed by atoms with E-state index in [1.807, 2.05) is 13.0 Å². The van der Waals surface area contributed by atoms with Gasteiger partial charge in [0, 0.05) is 11.1 Å². The molecule has 5 heteroatoms. The highest BCUT2D eigenvalue weighted by atomic mass is 35.5. The Labute approximate surface area is 126 Å². The van der Waals surface area contributed by atoms with Crippen LogP contribution in [0.3, 0.4) is 0 Å². The zero-order valence-corrected chi connectivity index (χ0v) is 12.2. The minimum Gasteiger partial charge on any atom is -0.478 e. The number of ether oxygens (including phenoxy) is 1. The fourth-order valence-corrected chi connectivity index (χ4v) is 2.26. The molecule has 2 aromatic rings. The fourth-order valence-electron chi connectivity index (χ4n) is 1.75. The van der Waals surface area contributed by atoms with Gasteiger partial charge >= 0.3 is 5.97 Å². The molecule has 0 spiro atoms. The van der Waals surface area contributed by atoms with Gasteiger partial charge in [0.2, 0.25) is 0 Å². The first-order chi connectivity index (χ1) is 9.51. The number of carboxylic acid groups (broad SMARTS) is 1. The van der Waals surface area contributed by atoms with Gasteiger partial charge in [-0.25, -0.2) is 4.79 Å². The molecule has 0 atom stereocenters. The molecule has 0 aliphatic rings. The van der Waals surface area contributed by atoms with E-state index >= 15 is 0 Å². The van der Waals surface area contributed by atoms with Crippen molar-refractivity contribution < 1.29 is 14.6 Å². The van der Waals surface area contributed by atoms with Crippen molar-refractivity contribution in [3.8, 4) is 11.5 Å². The van der Waals surface area contributed by atoms with Gasteiger partial charge in [0.05, 0.1) is 10.6 Å². The molecule has 0 unspecified atom stereocenters. The molecule has 0 saturated heterocycles. The van der Waals surface area contributed by atoms with Crippen LogP contribution in [0.2, 0.25) is 10.0 Å². The number of benzene rings is 2. The third-order valence-corrected chi connectivity index (χ3v) is 3.49. The summed E-state index contributed by atoms with van der Waals surface area (Å²) in [6.45, 7) is 2.00. The molecule has 0 aliphatic carbocycles. The molecule has 0 bridgehead atoms. The first-order valence-electron chi connectivity index (χ1n) is 6.00. The number of hydrogen-bond donors (Lipinski definition) is 1. The molecule has 104 valence electrons. The smallest absolute Gasteiger partial charge is 0.337 e. The van der Waals surface area contributed by atoms with Gasteiger partial charge in [-0.2, -0.15) is 0 Å². The molecule has 20 heavy (non-hydrogen) atoms. The van der Waals surface area contributed by atoms with Crippen molar-refractivity contribution in [1.29, 1.82) is 0 Å². The fraction of sp³-hybridized carbons (Fsp3) is 0.133. The van der Waals surface area contributed by atoms with E-state index in [4.69, 9.17) is 33.0 Å². The predicted octanol–water partition coefficient (Wildman–Crippen LogP) is 5.05. The SMILES string of the molecule is CCc1cc(Oc2ccc(C(=O)O)c(Cl)c2)ccc1Cl. The number of rotatable bonds is 4. The number of hydrogen-bond acceptors (Lipinski definition) is 2. The Hall–Kier alpha value is -1.71. The summed E-state index contributed by atoms with van der Waals surface area (Å²) in [5.41, 5.74) is 1.03. The van der Waals surface area contributed by atoms with Crippen molar-refractivity contribution in [2.24, 2.45) is 0 Å². The van der Waals surface area contributed by atoms with Crippen molar-refractivity contribution in [3.05, 3.63) is 57.6 Å². The molecule has 1 N–H and O–H groups in total.